The van der Waals surface area contributed by atoms with Gasteiger partial charge in [-0.15, -0.1) is 0 Å². The molecule has 0 spiro atoms. The van der Waals surface area contributed by atoms with E-state index in [1.807, 2.05) is 6.92 Å². The van der Waals surface area contributed by atoms with Crippen molar-refractivity contribution < 1.29 is 14.3 Å². The van der Waals surface area contributed by atoms with Gasteiger partial charge in [0.1, 0.15) is 5.75 Å². The maximum absolute atomic E-state index is 12.6. The highest BCUT2D eigenvalue weighted by molar-refractivity contribution is 7.80. The summed E-state index contributed by atoms with van der Waals surface area (Å²) in [6.07, 6.45) is 1.56. The van der Waals surface area contributed by atoms with Crippen LogP contribution < -0.4 is 15.4 Å². The van der Waals surface area contributed by atoms with E-state index in [1.165, 1.54) is 0 Å². The summed E-state index contributed by atoms with van der Waals surface area (Å²) >= 11 is 11.5. The zero-order chi connectivity index (χ0) is 17.7. The van der Waals surface area contributed by atoms with Crippen LogP contribution in [-0.2, 0) is 9.53 Å². The third-order valence-electron chi connectivity index (χ3n) is 3.65. The fraction of sp³-hybridized carbons (Fsp3) is 0.412. The van der Waals surface area contributed by atoms with Crippen LogP contribution in [0.2, 0.25) is 5.02 Å². The van der Waals surface area contributed by atoms with Crippen molar-refractivity contribution in [1.29, 1.82) is 0 Å². The van der Waals surface area contributed by atoms with Gasteiger partial charge in [0.25, 0.3) is 0 Å². The van der Waals surface area contributed by atoms with E-state index in [9.17, 15) is 4.79 Å². The lowest BCUT2D eigenvalue weighted by Gasteiger charge is -2.31. The summed E-state index contributed by atoms with van der Waals surface area (Å²) in [5.74, 6) is 0.245. The summed E-state index contributed by atoms with van der Waals surface area (Å²) < 4.78 is 10.7. The van der Waals surface area contributed by atoms with Crippen LogP contribution in [0.15, 0.2) is 29.5 Å². The van der Waals surface area contributed by atoms with Crippen molar-refractivity contribution in [3.05, 3.63) is 40.1 Å². The molecule has 1 atom stereocenters. The molecule has 0 fully saturated rings. The van der Waals surface area contributed by atoms with Crippen LogP contribution in [0.4, 0.5) is 0 Å². The molecule has 7 heteroatoms. The minimum absolute atomic E-state index is 0.297. The molecule has 0 radical (unpaired) electrons. The number of hydrogen-bond acceptors (Lipinski definition) is 4. The van der Waals surface area contributed by atoms with Crippen molar-refractivity contribution in [3.63, 3.8) is 0 Å². The number of esters is 1. The van der Waals surface area contributed by atoms with Crippen LogP contribution in [0.25, 0.3) is 0 Å². The molecule has 0 unspecified atom stereocenters. The second-order valence-corrected chi connectivity index (χ2v) is 6.13. The van der Waals surface area contributed by atoms with Crippen LogP contribution in [0.3, 0.4) is 0 Å². The Hall–Kier alpha value is -1.79. The number of nitrogens with one attached hydrogen (secondary N) is 2. The summed E-state index contributed by atoms with van der Waals surface area (Å²) in [5.41, 5.74) is 2.02. The third kappa shape index (κ3) is 3.99. The minimum atomic E-state index is -0.479. The number of halogens is 1. The molecule has 2 rings (SSSR count). The Morgan fingerprint density at radius 2 is 2.12 bits per heavy atom. The summed E-state index contributed by atoms with van der Waals surface area (Å²) in [6.45, 7) is 4.12. The topological polar surface area (TPSA) is 59.6 Å². The molecule has 5 nitrogen and oxygen atoms in total. The Morgan fingerprint density at radius 3 is 2.75 bits per heavy atom. The molecule has 0 amide bonds. The van der Waals surface area contributed by atoms with Crippen molar-refractivity contribution in [2.24, 2.45) is 0 Å². The molecule has 1 heterocycles. The largest absolute Gasteiger partial charge is 0.496 e. The number of allylic oxidation sites excluding steroid dienone is 1. The first-order chi connectivity index (χ1) is 11.5. The van der Waals surface area contributed by atoms with Gasteiger partial charge < -0.3 is 20.1 Å². The van der Waals surface area contributed by atoms with Gasteiger partial charge in [-0.3, -0.25) is 0 Å². The fourth-order valence-corrected chi connectivity index (χ4v) is 3.10. The monoisotopic (exact) mass is 368 g/mol. The molecule has 0 aromatic heterocycles. The van der Waals surface area contributed by atoms with Gasteiger partial charge in [-0.25, -0.2) is 4.79 Å². The number of hydrogen-bond donors (Lipinski definition) is 2. The summed E-state index contributed by atoms with van der Waals surface area (Å²) in [5, 5.41) is 7.23. The van der Waals surface area contributed by atoms with Gasteiger partial charge >= 0.3 is 5.97 Å². The normalized spacial score (nSPS) is 17.2. The zero-order valence-electron chi connectivity index (χ0n) is 13.9. The second-order valence-electron chi connectivity index (χ2n) is 5.28. The van der Waals surface area contributed by atoms with Crippen LogP contribution in [-0.4, -0.2) is 24.8 Å². The van der Waals surface area contributed by atoms with E-state index >= 15 is 0 Å². The number of ether oxygens (including phenoxy) is 2. The molecular weight excluding hydrogens is 348 g/mol. The van der Waals surface area contributed by atoms with Gasteiger partial charge in [0.05, 0.1) is 25.3 Å². The SMILES string of the molecule is CCCC1=C(C(=O)OCC)[C@H](c2cc(Cl)ccc2OC)NC(=S)N1. The number of methoxy groups -OCH3 is 1. The molecular formula is C17H21ClN2O3S. The number of benzene rings is 1. The zero-order valence-corrected chi connectivity index (χ0v) is 15.5. The standard InChI is InChI=1S/C17H21ClN2O3S/c1-4-6-12-14(16(21)23-5-2)15(20-17(24)19-12)11-9-10(18)7-8-13(11)22-3/h7-9,15H,4-6H2,1-3H3,(H2,19,20,24)/t15-/m0/s1. The molecule has 0 aliphatic carbocycles. The Balaban J connectivity index is 2.59. The quantitative estimate of drug-likeness (QED) is 0.592. The Labute approximate surface area is 152 Å². The van der Waals surface area contributed by atoms with Crippen LogP contribution in [0, 0.1) is 0 Å². The number of carbonyl (C=O) groups excluding carboxylic acids is 1. The van der Waals surface area contributed by atoms with Gasteiger partial charge in [0, 0.05) is 16.3 Å². The average molecular weight is 369 g/mol. The van der Waals surface area contributed by atoms with E-state index in [0.29, 0.717) is 34.5 Å². The lowest BCUT2D eigenvalue weighted by molar-refractivity contribution is -0.139. The predicted octanol–water partition coefficient (Wildman–Crippen LogP) is 3.48. The minimum Gasteiger partial charge on any atom is -0.496 e. The predicted molar refractivity (Wildman–Crippen MR) is 98.2 cm³/mol. The van der Waals surface area contributed by atoms with E-state index < -0.39 is 6.04 Å². The summed E-state index contributed by atoms with van der Waals surface area (Å²) in [4.78, 5) is 12.6. The third-order valence-corrected chi connectivity index (χ3v) is 4.11. The molecule has 0 saturated carbocycles. The molecule has 130 valence electrons. The lowest BCUT2D eigenvalue weighted by Crippen LogP contribution is -2.45. The number of thiocarbonyl (C=S) groups is 1. The maximum Gasteiger partial charge on any atom is 0.338 e. The molecule has 1 aromatic carbocycles. The van der Waals surface area contributed by atoms with Gasteiger partial charge in [-0.1, -0.05) is 24.9 Å². The molecule has 0 saturated heterocycles. The Bertz CT molecular complexity index is 676. The maximum atomic E-state index is 12.6. The highest BCUT2D eigenvalue weighted by Gasteiger charge is 2.33. The van der Waals surface area contributed by atoms with Crippen LogP contribution in [0.5, 0.6) is 5.75 Å². The average Bonchev–Trinajstić information content (AvgIpc) is 2.54. The second kappa shape index (κ2) is 8.35. The molecule has 1 aromatic rings. The van der Waals surface area contributed by atoms with E-state index in [-0.39, 0.29) is 5.97 Å². The van der Waals surface area contributed by atoms with Crippen LogP contribution in [0.1, 0.15) is 38.3 Å². The van der Waals surface area contributed by atoms with Crippen molar-refractivity contribution >= 4 is 34.9 Å². The van der Waals surface area contributed by atoms with E-state index in [1.54, 1.807) is 32.2 Å². The number of rotatable bonds is 6. The lowest BCUT2D eigenvalue weighted by atomic mass is 9.93. The van der Waals surface area contributed by atoms with Crippen molar-refractivity contribution in [2.75, 3.05) is 13.7 Å². The van der Waals surface area contributed by atoms with E-state index in [4.69, 9.17) is 33.3 Å². The molecule has 24 heavy (non-hydrogen) atoms. The first-order valence-corrected chi connectivity index (χ1v) is 8.61. The molecule has 1 aliphatic heterocycles. The van der Waals surface area contributed by atoms with Crippen LogP contribution >= 0.6 is 23.8 Å². The van der Waals surface area contributed by atoms with Gasteiger partial charge in [0.2, 0.25) is 0 Å². The van der Waals surface area contributed by atoms with E-state index in [2.05, 4.69) is 10.6 Å². The molecule has 0 bridgehead atoms. The van der Waals surface area contributed by atoms with Gasteiger partial charge in [-0.05, 0) is 43.8 Å². The molecule has 2 N–H and O–H groups in total. The molecule has 1 aliphatic rings. The first kappa shape index (κ1) is 18.5. The first-order valence-electron chi connectivity index (χ1n) is 7.82. The van der Waals surface area contributed by atoms with Crippen molar-refractivity contribution in [2.45, 2.75) is 32.7 Å². The van der Waals surface area contributed by atoms with Gasteiger partial charge in [-0.2, -0.15) is 0 Å². The van der Waals surface area contributed by atoms with Crippen molar-refractivity contribution in [1.82, 2.24) is 10.6 Å². The summed E-state index contributed by atoms with van der Waals surface area (Å²) in [7, 11) is 1.58. The Kier molecular flexibility index (Phi) is 6.45. The van der Waals surface area contributed by atoms with Gasteiger partial charge in [0.15, 0.2) is 5.11 Å². The highest BCUT2D eigenvalue weighted by Crippen LogP contribution is 2.36. The smallest absolute Gasteiger partial charge is 0.338 e. The van der Waals surface area contributed by atoms with E-state index in [0.717, 1.165) is 17.7 Å². The fourth-order valence-electron chi connectivity index (χ4n) is 2.68. The number of carbonyl (C=O) groups is 1. The van der Waals surface area contributed by atoms with Crippen molar-refractivity contribution in [3.8, 4) is 5.75 Å². The highest BCUT2D eigenvalue weighted by atomic mass is 35.5. The Morgan fingerprint density at radius 1 is 1.38 bits per heavy atom. The summed E-state index contributed by atoms with van der Waals surface area (Å²) in [6, 6.07) is 4.80.